The van der Waals surface area contributed by atoms with Crippen molar-refractivity contribution in [2.24, 2.45) is 0 Å². The highest BCUT2D eigenvalue weighted by molar-refractivity contribution is 5.62. The number of rotatable bonds is 3. The van der Waals surface area contributed by atoms with E-state index in [0.717, 1.165) is 12.1 Å². The van der Waals surface area contributed by atoms with Crippen LogP contribution >= 0.6 is 0 Å². The molecular weight excluding hydrogens is 174 g/mol. The molecule has 0 N–H and O–H groups in total. The molecule has 13 heavy (non-hydrogen) atoms. The molecule has 1 unspecified atom stereocenters. The fourth-order valence-electron chi connectivity index (χ4n) is 1.12. The van der Waals surface area contributed by atoms with Gasteiger partial charge in [0, 0.05) is 0 Å². The topological polar surface area (TPSA) is 17.1 Å². The van der Waals surface area contributed by atoms with Crippen LogP contribution in [0.2, 0.25) is 0 Å². The molecule has 0 aromatic heterocycles. The molecule has 1 rings (SSSR count). The Morgan fingerprint density at radius 1 is 1.38 bits per heavy atom. The van der Waals surface area contributed by atoms with Gasteiger partial charge in [0.15, 0.2) is 11.6 Å². The van der Waals surface area contributed by atoms with E-state index >= 15 is 0 Å². The van der Waals surface area contributed by atoms with Gasteiger partial charge >= 0.3 is 0 Å². The molecule has 1 radical (unpaired) electrons. The molecule has 0 amide bonds. The van der Waals surface area contributed by atoms with E-state index in [1.165, 1.54) is 6.07 Å². The molecule has 0 aliphatic carbocycles. The summed E-state index contributed by atoms with van der Waals surface area (Å²) in [5, 5.41) is 0. The third-order valence-corrected chi connectivity index (χ3v) is 1.90. The van der Waals surface area contributed by atoms with Gasteiger partial charge in [-0.3, -0.25) is 4.79 Å². The lowest BCUT2D eigenvalue weighted by Gasteiger charge is -2.06. The molecule has 1 aromatic carbocycles. The first-order valence-corrected chi connectivity index (χ1v) is 4.01. The van der Waals surface area contributed by atoms with Crippen LogP contribution in [0, 0.1) is 11.6 Å². The average Bonchev–Trinajstić information content (AvgIpc) is 2.13. The Kier molecular flexibility index (Phi) is 3.12. The molecule has 0 aliphatic rings. The van der Waals surface area contributed by atoms with Crippen molar-refractivity contribution < 1.29 is 13.6 Å². The summed E-state index contributed by atoms with van der Waals surface area (Å²) in [7, 11) is 0. The number of hydrogen-bond acceptors (Lipinski definition) is 1. The number of benzene rings is 1. The van der Waals surface area contributed by atoms with Crippen LogP contribution in [-0.4, -0.2) is 6.29 Å². The predicted molar refractivity (Wildman–Crippen MR) is 45.1 cm³/mol. The van der Waals surface area contributed by atoms with Gasteiger partial charge in [-0.25, -0.2) is 8.78 Å². The number of hydrogen-bond donors (Lipinski definition) is 0. The molecule has 0 bridgehead atoms. The lowest BCUT2D eigenvalue weighted by Crippen LogP contribution is -1.99. The van der Waals surface area contributed by atoms with Crippen LogP contribution in [0.1, 0.15) is 24.8 Å². The average molecular weight is 183 g/mol. The quantitative estimate of drug-likeness (QED) is 0.703. The van der Waals surface area contributed by atoms with Gasteiger partial charge in [-0.1, -0.05) is 13.0 Å². The first-order valence-electron chi connectivity index (χ1n) is 4.01. The molecule has 0 saturated carbocycles. The van der Waals surface area contributed by atoms with Crippen molar-refractivity contribution >= 4 is 6.29 Å². The lowest BCUT2D eigenvalue weighted by molar-refractivity contribution is 0.504. The van der Waals surface area contributed by atoms with Gasteiger partial charge in [0.05, 0.1) is 5.92 Å². The van der Waals surface area contributed by atoms with Crippen LogP contribution in [0.3, 0.4) is 0 Å². The van der Waals surface area contributed by atoms with E-state index in [-0.39, 0.29) is 0 Å². The summed E-state index contributed by atoms with van der Waals surface area (Å²) in [6.07, 6.45) is 2.31. The van der Waals surface area contributed by atoms with E-state index in [1.54, 1.807) is 13.2 Å². The summed E-state index contributed by atoms with van der Waals surface area (Å²) < 4.78 is 25.2. The smallest absolute Gasteiger partial charge is 0.206 e. The highest BCUT2D eigenvalue weighted by Crippen LogP contribution is 2.19. The van der Waals surface area contributed by atoms with E-state index in [4.69, 9.17) is 0 Å². The molecule has 0 heterocycles. The van der Waals surface area contributed by atoms with Crippen LogP contribution < -0.4 is 0 Å². The van der Waals surface area contributed by atoms with Crippen molar-refractivity contribution in [2.75, 3.05) is 0 Å². The largest absolute Gasteiger partial charge is 0.290 e. The first-order chi connectivity index (χ1) is 6.19. The van der Waals surface area contributed by atoms with E-state index in [1.807, 2.05) is 0 Å². The third-order valence-electron chi connectivity index (χ3n) is 1.90. The number of halogens is 2. The summed E-state index contributed by atoms with van der Waals surface area (Å²) in [4.78, 5) is 10.4. The Morgan fingerprint density at radius 3 is 2.54 bits per heavy atom. The molecule has 0 saturated heterocycles. The van der Waals surface area contributed by atoms with Crippen LogP contribution in [0.15, 0.2) is 18.2 Å². The zero-order valence-electron chi connectivity index (χ0n) is 7.18. The van der Waals surface area contributed by atoms with Crippen molar-refractivity contribution in [1.29, 1.82) is 0 Å². The summed E-state index contributed by atoms with van der Waals surface area (Å²) in [6, 6.07) is 3.45. The Morgan fingerprint density at radius 2 is 2.08 bits per heavy atom. The van der Waals surface area contributed by atoms with Gasteiger partial charge in [0.2, 0.25) is 6.29 Å². The molecule has 0 aliphatic heterocycles. The predicted octanol–water partition coefficient (Wildman–Crippen LogP) is 2.57. The summed E-state index contributed by atoms with van der Waals surface area (Å²) in [6.45, 7) is 1.79. The second-order valence-corrected chi connectivity index (χ2v) is 2.75. The molecule has 1 atom stereocenters. The molecular formula is C10H9F2O. The normalized spacial score (nSPS) is 12.5. The zero-order valence-corrected chi connectivity index (χ0v) is 7.18. The maximum atomic E-state index is 12.7. The van der Waals surface area contributed by atoms with Crippen molar-refractivity contribution in [3.63, 3.8) is 0 Å². The standard InChI is InChI=1S/C10H9F2O/c1-2-7(6-13)8-3-4-9(11)10(12)5-8/h3-5,7H,2H2,1H3. The SMILES string of the molecule is CCC([C]=O)c1ccc(F)c(F)c1. The minimum absolute atomic E-state index is 0.463. The van der Waals surface area contributed by atoms with Crippen LogP contribution in [0.5, 0.6) is 0 Å². The Bertz CT molecular complexity index is 310. The summed E-state index contributed by atoms with van der Waals surface area (Å²) in [5.41, 5.74) is 0.469. The monoisotopic (exact) mass is 183 g/mol. The summed E-state index contributed by atoms with van der Waals surface area (Å²) in [5.74, 6) is -2.29. The maximum absolute atomic E-state index is 12.7. The Balaban J connectivity index is 3.01. The lowest BCUT2D eigenvalue weighted by atomic mass is 9.98. The summed E-state index contributed by atoms with van der Waals surface area (Å²) >= 11 is 0. The molecule has 1 aromatic rings. The van der Waals surface area contributed by atoms with Gasteiger partial charge in [-0.05, 0) is 24.1 Å². The third kappa shape index (κ3) is 2.11. The van der Waals surface area contributed by atoms with Gasteiger partial charge in [0.1, 0.15) is 0 Å². The molecule has 1 nitrogen and oxygen atoms in total. The van der Waals surface area contributed by atoms with Crippen LogP contribution in [-0.2, 0) is 4.79 Å². The minimum atomic E-state index is -0.925. The first kappa shape index (κ1) is 9.84. The van der Waals surface area contributed by atoms with Gasteiger partial charge in [0.25, 0.3) is 0 Å². The molecule has 0 spiro atoms. The maximum Gasteiger partial charge on any atom is 0.206 e. The highest BCUT2D eigenvalue weighted by atomic mass is 19.2. The van der Waals surface area contributed by atoms with Crippen molar-refractivity contribution in [3.05, 3.63) is 35.4 Å². The van der Waals surface area contributed by atoms with Crippen molar-refractivity contribution in [2.45, 2.75) is 19.3 Å². The fraction of sp³-hybridized carbons (Fsp3) is 0.300. The van der Waals surface area contributed by atoms with E-state index in [0.29, 0.717) is 12.0 Å². The second kappa shape index (κ2) is 4.12. The fourth-order valence-corrected chi connectivity index (χ4v) is 1.12. The zero-order chi connectivity index (χ0) is 9.84. The molecule has 0 fully saturated rings. The molecule has 69 valence electrons. The van der Waals surface area contributed by atoms with Gasteiger partial charge < -0.3 is 0 Å². The van der Waals surface area contributed by atoms with Crippen LogP contribution in [0.25, 0.3) is 0 Å². The Labute approximate surface area is 75.4 Å². The van der Waals surface area contributed by atoms with Gasteiger partial charge in [-0.15, -0.1) is 0 Å². The van der Waals surface area contributed by atoms with E-state index < -0.39 is 17.6 Å². The van der Waals surface area contributed by atoms with E-state index in [2.05, 4.69) is 0 Å². The van der Waals surface area contributed by atoms with Crippen molar-refractivity contribution in [1.82, 2.24) is 0 Å². The van der Waals surface area contributed by atoms with Crippen molar-refractivity contribution in [3.8, 4) is 0 Å². The Hall–Kier alpha value is -1.25. The minimum Gasteiger partial charge on any atom is -0.290 e. The highest BCUT2D eigenvalue weighted by Gasteiger charge is 2.11. The van der Waals surface area contributed by atoms with Crippen LogP contribution in [0.4, 0.5) is 8.78 Å². The molecule has 3 heteroatoms. The van der Waals surface area contributed by atoms with E-state index in [9.17, 15) is 13.6 Å². The number of carbonyl (C=O) groups excluding carboxylic acids is 1. The van der Waals surface area contributed by atoms with Gasteiger partial charge in [-0.2, -0.15) is 0 Å². The second-order valence-electron chi connectivity index (χ2n) is 2.75.